The van der Waals surface area contributed by atoms with E-state index in [9.17, 15) is 4.79 Å². The normalized spacial score (nSPS) is 10.7. The Labute approximate surface area is 121 Å². The molecule has 1 amide bonds. The number of pyridine rings is 1. The minimum absolute atomic E-state index is 0.259. The lowest BCUT2D eigenvalue weighted by molar-refractivity contribution is 0.102. The monoisotopic (exact) mass is 285 g/mol. The molecule has 0 aliphatic rings. The lowest BCUT2D eigenvalue weighted by atomic mass is 10.1. The molecule has 0 radical (unpaired) electrons. The number of aromatic nitrogens is 2. The maximum Gasteiger partial charge on any atom is 0.260 e. The van der Waals surface area contributed by atoms with Gasteiger partial charge in [0.2, 0.25) is 0 Å². The highest BCUT2D eigenvalue weighted by molar-refractivity contribution is 6.36. The predicted molar refractivity (Wildman–Crippen MR) is 80.1 cm³/mol. The van der Waals surface area contributed by atoms with Gasteiger partial charge in [0, 0.05) is 24.1 Å². The van der Waals surface area contributed by atoms with Crippen LogP contribution in [0.15, 0.2) is 48.7 Å². The third-order valence-corrected chi connectivity index (χ3v) is 3.61. The van der Waals surface area contributed by atoms with Crippen LogP contribution in [0.3, 0.4) is 0 Å². The van der Waals surface area contributed by atoms with Crippen LogP contribution < -0.4 is 5.32 Å². The molecule has 0 saturated carbocycles. The average Bonchev–Trinajstić information content (AvgIpc) is 2.72. The number of hydrogen-bond acceptors (Lipinski definition) is 2. The molecule has 3 rings (SSSR count). The SMILES string of the molecule is Cn1c(Cl)c(C(=O)Nc2ccccn2)c2ccccc21. The number of halogens is 1. The van der Waals surface area contributed by atoms with Gasteiger partial charge in [0.25, 0.3) is 5.91 Å². The number of carbonyl (C=O) groups excluding carboxylic acids is 1. The first kappa shape index (κ1) is 12.7. The highest BCUT2D eigenvalue weighted by atomic mass is 35.5. The van der Waals surface area contributed by atoms with Crippen molar-refractivity contribution in [1.29, 1.82) is 0 Å². The van der Waals surface area contributed by atoms with Crippen molar-refractivity contribution in [3.8, 4) is 0 Å². The minimum atomic E-state index is -0.259. The van der Waals surface area contributed by atoms with E-state index in [1.54, 1.807) is 22.9 Å². The summed E-state index contributed by atoms with van der Waals surface area (Å²) in [5, 5.41) is 4.00. The van der Waals surface area contributed by atoms with Gasteiger partial charge in [-0.3, -0.25) is 4.79 Å². The number of anilines is 1. The zero-order valence-corrected chi connectivity index (χ0v) is 11.6. The maximum atomic E-state index is 12.4. The van der Waals surface area contributed by atoms with Gasteiger partial charge in [-0.05, 0) is 18.2 Å². The molecule has 0 saturated heterocycles. The zero-order valence-electron chi connectivity index (χ0n) is 10.8. The molecule has 0 atom stereocenters. The van der Waals surface area contributed by atoms with Gasteiger partial charge in [0.05, 0.1) is 5.56 Å². The maximum absolute atomic E-state index is 12.4. The molecule has 20 heavy (non-hydrogen) atoms. The number of fused-ring (bicyclic) bond motifs is 1. The Balaban J connectivity index is 2.06. The van der Waals surface area contributed by atoms with Crippen LogP contribution >= 0.6 is 11.6 Å². The van der Waals surface area contributed by atoms with Gasteiger partial charge in [-0.25, -0.2) is 4.98 Å². The van der Waals surface area contributed by atoms with Crippen molar-refractivity contribution in [3.05, 3.63) is 59.4 Å². The molecule has 0 unspecified atom stereocenters. The summed E-state index contributed by atoms with van der Waals surface area (Å²) in [6.45, 7) is 0. The lowest BCUT2D eigenvalue weighted by Crippen LogP contribution is -2.13. The van der Waals surface area contributed by atoms with Gasteiger partial charge < -0.3 is 9.88 Å². The van der Waals surface area contributed by atoms with E-state index in [2.05, 4.69) is 10.3 Å². The van der Waals surface area contributed by atoms with E-state index in [-0.39, 0.29) is 5.91 Å². The van der Waals surface area contributed by atoms with E-state index in [1.165, 1.54) is 0 Å². The van der Waals surface area contributed by atoms with Crippen molar-refractivity contribution in [3.63, 3.8) is 0 Å². The van der Waals surface area contributed by atoms with Gasteiger partial charge in [-0.15, -0.1) is 0 Å². The summed E-state index contributed by atoms with van der Waals surface area (Å²) in [6, 6.07) is 13.0. The van der Waals surface area contributed by atoms with Crippen LogP contribution in [0.25, 0.3) is 10.9 Å². The molecule has 0 bridgehead atoms. The van der Waals surface area contributed by atoms with E-state index in [1.807, 2.05) is 37.4 Å². The van der Waals surface area contributed by atoms with Crippen molar-refractivity contribution in [1.82, 2.24) is 9.55 Å². The van der Waals surface area contributed by atoms with E-state index in [0.717, 1.165) is 10.9 Å². The summed E-state index contributed by atoms with van der Waals surface area (Å²) in [5.41, 5.74) is 1.39. The standard InChI is InChI=1S/C15H12ClN3O/c1-19-11-7-3-2-6-10(11)13(14(19)16)15(20)18-12-8-4-5-9-17-12/h2-9H,1H3,(H,17,18,20). The van der Waals surface area contributed by atoms with E-state index in [0.29, 0.717) is 16.5 Å². The van der Waals surface area contributed by atoms with Gasteiger partial charge in [0.1, 0.15) is 11.0 Å². The molecule has 2 aromatic heterocycles. The Morgan fingerprint density at radius 1 is 1.20 bits per heavy atom. The molecule has 3 aromatic rings. The summed E-state index contributed by atoms with van der Waals surface area (Å²) in [7, 11) is 1.84. The molecule has 2 heterocycles. The Morgan fingerprint density at radius 3 is 2.70 bits per heavy atom. The van der Waals surface area contributed by atoms with Crippen LogP contribution in [0.1, 0.15) is 10.4 Å². The van der Waals surface area contributed by atoms with E-state index < -0.39 is 0 Å². The van der Waals surface area contributed by atoms with Crippen LogP contribution in [-0.2, 0) is 7.05 Å². The Kier molecular flexibility index (Phi) is 3.16. The van der Waals surface area contributed by atoms with Crippen molar-refractivity contribution >= 4 is 34.2 Å². The molecule has 0 aliphatic carbocycles. The van der Waals surface area contributed by atoms with Crippen molar-refractivity contribution in [2.24, 2.45) is 7.05 Å². The quantitative estimate of drug-likeness (QED) is 0.783. The van der Waals surface area contributed by atoms with Gasteiger partial charge in [0.15, 0.2) is 0 Å². The summed E-state index contributed by atoms with van der Waals surface area (Å²) in [6.07, 6.45) is 1.63. The summed E-state index contributed by atoms with van der Waals surface area (Å²) in [4.78, 5) is 16.5. The smallest absolute Gasteiger partial charge is 0.260 e. The molecular weight excluding hydrogens is 274 g/mol. The molecule has 0 aliphatic heterocycles. The number of benzene rings is 1. The van der Waals surface area contributed by atoms with E-state index in [4.69, 9.17) is 11.6 Å². The largest absolute Gasteiger partial charge is 0.334 e. The first-order chi connectivity index (χ1) is 9.68. The van der Waals surface area contributed by atoms with E-state index >= 15 is 0 Å². The highest BCUT2D eigenvalue weighted by Gasteiger charge is 2.19. The van der Waals surface area contributed by atoms with Crippen LogP contribution in [0.5, 0.6) is 0 Å². The minimum Gasteiger partial charge on any atom is -0.334 e. The Bertz CT molecular complexity index is 780. The predicted octanol–water partition coefficient (Wildman–Crippen LogP) is 3.48. The number of rotatable bonds is 2. The first-order valence-corrected chi connectivity index (χ1v) is 6.51. The van der Waals surface area contributed by atoms with Gasteiger partial charge in [-0.2, -0.15) is 0 Å². The number of nitrogens with zero attached hydrogens (tertiary/aromatic N) is 2. The molecule has 5 heteroatoms. The fourth-order valence-electron chi connectivity index (χ4n) is 2.19. The second-order valence-electron chi connectivity index (χ2n) is 4.41. The fourth-order valence-corrected chi connectivity index (χ4v) is 2.47. The molecule has 100 valence electrons. The molecule has 1 N–H and O–H groups in total. The second-order valence-corrected chi connectivity index (χ2v) is 4.77. The molecule has 0 fully saturated rings. The Morgan fingerprint density at radius 2 is 1.95 bits per heavy atom. The molecular formula is C15H12ClN3O. The molecule has 1 aromatic carbocycles. The summed E-state index contributed by atoms with van der Waals surface area (Å²) in [5.74, 6) is 0.243. The third kappa shape index (κ3) is 2.04. The number of hydrogen-bond donors (Lipinski definition) is 1. The lowest BCUT2D eigenvalue weighted by Gasteiger charge is -2.03. The average molecular weight is 286 g/mol. The first-order valence-electron chi connectivity index (χ1n) is 6.14. The van der Waals surface area contributed by atoms with Crippen LogP contribution in [0.4, 0.5) is 5.82 Å². The van der Waals surface area contributed by atoms with Crippen molar-refractivity contribution in [2.75, 3.05) is 5.32 Å². The third-order valence-electron chi connectivity index (χ3n) is 3.17. The number of amides is 1. The van der Waals surface area contributed by atoms with Crippen molar-refractivity contribution < 1.29 is 4.79 Å². The second kappa shape index (κ2) is 4.98. The summed E-state index contributed by atoms with van der Waals surface area (Å²) < 4.78 is 1.80. The van der Waals surface area contributed by atoms with Crippen LogP contribution in [0, 0.1) is 0 Å². The van der Waals surface area contributed by atoms with Crippen LogP contribution in [0.2, 0.25) is 5.15 Å². The number of para-hydroxylation sites is 1. The number of carbonyl (C=O) groups is 1. The van der Waals surface area contributed by atoms with Crippen LogP contribution in [-0.4, -0.2) is 15.5 Å². The zero-order chi connectivity index (χ0) is 14.1. The number of nitrogens with one attached hydrogen (secondary N) is 1. The van der Waals surface area contributed by atoms with Gasteiger partial charge in [-0.1, -0.05) is 35.9 Å². The highest BCUT2D eigenvalue weighted by Crippen LogP contribution is 2.29. The fraction of sp³-hybridized carbons (Fsp3) is 0.0667. The van der Waals surface area contributed by atoms with Gasteiger partial charge >= 0.3 is 0 Å². The molecule has 4 nitrogen and oxygen atoms in total. The Hall–Kier alpha value is -2.33. The number of aryl methyl sites for hydroxylation is 1. The molecule has 0 spiro atoms. The summed E-state index contributed by atoms with van der Waals surface area (Å²) >= 11 is 6.28. The van der Waals surface area contributed by atoms with Crippen molar-refractivity contribution in [2.45, 2.75) is 0 Å². The topological polar surface area (TPSA) is 46.9 Å².